The van der Waals surface area contributed by atoms with Crippen molar-refractivity contribution in [3.63, 3.8) is 0 Å². The van der Waals surface area contributed by atoms with Crippen LogP contribution in [0.3, 0.4) is 0 Å². The maximum atomic E-state index is 5.42. The third kappa shape index (κ3) is 3.02. The lowest BCUT2D eigenvalue weighted by Crippen LogP contribution is -2.28. The van der Waals surface area contributed by atoms with Crippen LogP contribution >= 0.6 is 0 Å². The van der Waals surface area contributed by atoms with Gasteiger partial charge in [-0.2, -0.15) is 4.98 Å². The average molecular weight is 225 g/mol. The lowest BCUT2D eigenvalue weighted by atomic mass is 9.99. The second kappa shape index (κ2) is 5.41. The Bertz CT molecular complexity index is 319. The van der Waals surface area contributed by atoms with Crippen molar-refractivity contribution < 1.29 is 9.26 Å². The molecule has 1 aromatic rings. The molecule has 1 aliphatic rings. The molecule has 2 rings (SSSR count). The fourth-order valence-electron chi connectivity index (χ4n) is 1.80. The highest BCUT2D eigenvalue weighted by Gasteiger charge is 2.20. The highest BCUT2D eigenvalue weighted by molar-refractivity contribution is 4.97. The van der Waals surface area contributed by atoms with Gasteiger partial charge in [0, 0.05) is 12.5 Å². The van der Waals surface area contributed by atoms with Gasteiger partial charge in [-0.3, -0.25) is 0 Å². The monoisotopic (exact) mass is 225 g/mol. The van der Waals surface area contributed by atoms with E-state index in [-0.39, 0.29) is 6.10 Å². The van der Waals surface area contributed by atoms with Crippen molar-refractivity contribution in [3.05, 3.63) is 11.7 Å². The summed E-state index contributed by atoms with van der Waals surface area (Å²) in [4.78, 5) is 4.36. The first-order valence-corrected chi connectivity index (χ1v) is 5.90. The van der Waals surface area contributed by atoms with Gasteiger partial charge in [-0.25, -0.2) is 0 Å². The molecule has 0 saturated carbocycles. The molecular formula is C11H19N3O2. The molecule has 5 nitrogen and oxygen atoms in total. The molecule has 1 atom stereocenters. The van der Waals surface area contributed by atoms with Crippen LogP contribution in [-0.4, -0.2) is 29.3 Å². The van der Waals surface area contributed by atoms with Crippen LogP contribution in [-0.2, 0) is 11.3 Å². The van der Waals surface area contributed by atoms with Crippen molar-refractivity contribution >= 4 is 0 Å². The number of nitrogens with zero attached hydrogens (tertiary/aromatic N) is 2. The summed E-state index contributed by atoms with van der Waals surface area (Å²) in [5.74, 6) is 1.79. The number of hydrogen-bond donors (Lipinski definition) is 1. The number of hydrogen-bond acceptors (Lipinski definition) is 5. The largest absolute Gasteiger partial charge is 0.369 e. The minimum atomic E-state index is 0.187. The molecular weight excluding hydrogens is 206 g/mol. The average Bonchev–Trinajstić information content (AvgIpc) is 2.76. The Morgan fingerprint density at radius 2 is 2.44 bits per heavy atom. The first-order chi connectivity index (χ1) is 7.75. The molecule has 0 spiro atoms. The van der Waals surface area contributed by atoms with Crippen LogP contribution < -0.4 is 5.32 Å². The summed E-state index contributed by atoms with van der Waals surface area (Å²) in [7, 11) is 0. The molecule has 0 aliphatic carbocycles. The fraction of sp³-hybridized carbons (Fsp3) is 0.818. The maximum absolute atomic E-state index is 5.42. The van der Waals surface area contributed by atoms with Crippen molar-refractivity contribution in [3.8, 4) is 0 Å². The second-order valence-corrected chi connectivity index (χ2v) is 4.45. The van der Waals surface area contributed by atoms with Crippen molar-refractivity contribution in [1.29, 1.82) is 0 Å². The molecule has 1 aromatic heterocycles. The van der Waals surface area contributed by atoms with Crippen LogP contribution in [0.1, 0.15) is 44.3 Å². The van der Waals surface area contributed by atoms with E-state index in [4.69, 9.17) is 9.26 Å². The van der Waals surface area contributed by atoms with Gasteiger partial charge in [-0.1, -0.05) is 5.16 Å². The Hall–Kier alpha value is -0.940. The van der Waals surface area contributed by atoms with E-state index in [0.29, 0.717) is 18.4 Å². The summed E-state index contributed by atoms with van der Waals surface area (Å²) in [5.41, 5.74) is 0. The van der Waals surface area contributed by atoms with Gasteiger partial charge in [-0.15, -0.1) is 0 Å². The first-order valence-electron chi connectivity index (χ1n) is 5.90. The van der Waals surface area contributed by atoms with E-state index in [1.807, 2.05) is 13.8 Å². The summed E-state index contributed by atoms with van der Waals surface area (Å²) in [5, 5.41) is 7.35. The van der Waals surface area contributed by atoms with Crippen LogP contribution in [0.5, 0.6) is 0 Å². The lowest BCUT2D eigenvalue weighted by Gasteiger charge is -2.19. The molecule has 0 amide bonds. The van der Waals surface area contributed by atoms with E-state index in [9.17, 15) is 0 Å². The molecule has 1 fully saturated rings. The van der Waals surface area contributed by atoms with E-state index in [1.165, 1.54) is 6.42 Å². The normalized spacial score (nSPS) is 21.6. The Kier molecular flexibility index (Phi) is 3.90. The minimum absolute atomic E-state index is 0.187. The van der Waals surface area contributed by atoms with E-state index in [1.54, 1.807) is 0 Å². The highest BCUT2D eigenvalue weighted by atomic mass is 16.5. The van der Waals surface area contributed by atoms with Crippen LogP contribution in [0, 0.1) is 0 Å². The van der Waals surface area contributed by atoms with E-state index >= 15 is 0 Å². The maximum Gasteiger partial charge on any atom is 0.252 e. The zero-order valence-electron chi connectivity index (χ0n) is 9.90. The lowest BCUT2D eigenvalue weighted by molar-refractivity contribution is 0.0485. The number of piperidine rings is 1. The number of nitrogens with one attached hydrogen (secondary N) is 1. The quantitative estimate of drug-likeness (QED) is 0.840. The molecule has 1 saturated heterocycles. The van der Waals surface area contributed by atoms with Crippen molar-refractivity contribution in [2.75, 3.05) is 13.1 Å². The zero-order valence-corrected chi connectivity index (χ0v) is 9.90. The van der Waals surface area contributed by atoms with Crippen molar-refractivity contribution in [2.24, 2.45) is 0 Å². The van der Waals surface area contributed by atoms with Crippen molar-refractivity contribution in [2.45, 2.75) is 45.3 Å². The SMILES string of the molecule is CC(C)OCc1nc(C2CCCNC2)no1. The van der Waals surface area contributed by atoms with Gasteiger partial charge in [0.15, 0.2) is 5.82 Å². The number of aromatic nitrogens is 2. The minimum Gasteiger partial charge on any atom is -0.369 e. The first kappa shape index (κ1) is 11.5. The molecule has 1 aliphatic heterocycles. The smallest absolute Gasteiger partial charge is 0.252 e. The molecule has 0 bridgehead atoms. The second-order valence-electron chi connectivity index (χ2n) is 4.45. The molecule has 0 aromatic carbocycles. The Labute approximate surface area is 95.6 Å². The highest BCUT2D eigenvalue weighted by Crippen LogP contribution is 2.20. The molecule has 0 radical (unpaired) electrons. The Morgan fingerprint density at radius 3 is 3.12 bits per heavy atom. The van der Waals surface area contributed by atoms with Gasteiger partial charge < -0.3 is 14.6 Å². The molecule has 2 heterocycles. The van der Waals surface area contributed by atoms with Crippen molar-refractivity contribution in [1.82, 2.24) is 15.5 Å². The van der Waals surface area contributed by atoms with Crippen LogP contribution in [0.25, 0.3) is 0 Å². The number of rotatable bonds is 4. The summed E-state index contributed by atoms with van der Waals surface area (Å²) in [6.45, 7) is 6.43. The molecule has 1 N–H and O–H groups in total. The number of ether oxygens (including phenoxy) is 1. The summed E-state index contributed by atoms with van der Waals surface area (Å²) in [6.07, 6.45) is 2.50. The van der Waals surface area contributed by atoms with Gasteiger partial charge >= 0.3 is 0 Å². The summed E-state index contributed by atoms with van der Waals surface area (Å²) < 4.78 is 10.6. The van der Waals surface area contributed by atoms with E-state index in [0.717, 1.165) is 25.3 Å². The van der Waals surface area contributed by atoms with Crippen LogP contribution in [0.4, 0.5) is 0 Å². The van der Waals surface area contributed by atoms with Gasteiger partial charge in [0.05, 0.1) is 6.10 Å². The summed E-state index contributed by atoms with van der Waals surface area (Å²) >= 11 is 0. The predicted molar refractivity (Wildman–Crippen MR) is 59.1 cm³/mol. The Morgan fingerprint density at radius 1 is 1.56 bits per heavy atom. The topological polar surface area (TPSA) is 60.2 Å². The standard InChI is InChI=1S/C11H19N3O2/c1-8(2)15-7-10-13-11(14-16-10)9-4-3-5-12-6-9/h8-9,12H,3-7H2,1-2H3. The van der Waals surface area contributed by atoms with Gasteiger partial charge in [0.25, 0.3) is 5.89 Å². The van der Waals surface area contributed by atoms with Crippen LogP contribution in [0.15, 0.2) is 4.52 Å². The molecule has 5 heteroatoms. The molecule has 16 heavy (non-hydrogen) atoms. The van der Waals surface area contributed by atoms with E-state index in [2.05, 4.69) is 15.5 Å². The third-order valence-corrected chi connectivity index (χ3v) is 2.69. The van der Waals surface area contributed by atoms with Gasteiger partial charge in [0.2, 0.25) is 0 Å². The third-order valence-electron chi connectivity index (χ3n) is 2.69. The fourth-order valence-corrected chi connectivity index (χ4v) is 1.80. The van der Waals surface area contributed by atoms with Gasteiger partial charge in [-0.05, 0) is 33.2 Å². The summed E-state index contributed by atoms with van der Waals surface area (Å²) in [6, 6.07) is 0. The van der Waals surface area contributed by atoms with E-state index < -0.39 is 0 Å². The molecule has 1 unspecified atom stereocenters. The van der Waals surface area contributed by atoms with Crippen LogP contribution in [0.2, 0.25) is 0 Å². The van der Waals surface area contributed by atoms with Gasteiger partial charge in [0.1, 0.15) is 6.61 Å². The Balaban J connectivity index is 1.90. The predicted octanol–water partition coefficient (Wildman–Crippen LogP) is 1.46. The molecule has 90 valence electrons. The zero-order chi connectivity index (χ0) is 11.4.